The van der Waals surface area contributed by atoms with E-state index in [9.17, 15) is 0 Å². The van der Waals surface area contributed by atoms with Crippen molar-refractivity contribution in [2.45, 2.75) is 19.3 Å². The zero-order chi connectivity index (χ0) is 7.23. The predicted molar refractivity (Wildman–Crippen MR) is 37.9 cm³/mol. The molecule has 0 bridgehead atoms. The second-order valence-corrected chi connectivity index (χ2v) is 2.75. The highest BCUT2D eigenvalue weighted by Crippen LogP contribution is 2.17. The lowest BCUT2D eigenvalue weighted by molar-refractivity contribution is 0.0589. The number of ether oxygens (including phenoxy) is 1. The second kappa shape index (κ2) is 4.66. The van der Waals surface area contributed by atoms with Crippen LogP contribution in [0.5, 0.6) is 0 Å². The summed E-state index contributed by atoms with van der Waals surface area (Å²) in [4.78, 5) is 0. The average molecular weight is 145 g/mol. The zero-order valence-electron chi connectivity index (χ0n) is 6.18. The first kappa shape index (κ1) is 7.98. The molecule has 0 atom stereocenters. The molecular weight excluding hydrogens is 130 g/mol. The molecule has 1 aliphatic heterocycles. The first-order valence-corrected chi connectivity index (χ1v) is 3.88. The van der Waals surface area contributed by atoms with Crippen LogP contribution in [0.3, 0.4) is 0 Å². The number of hydrogen-bond donors (Lipinski definition) is 2. The normalized spacial score (nSPS) is 21.3. The van der Waals surface area contributed by atoms with Gasteiger partial charge in [-0.15, -0.1) is 0 Å². The smallest absolute Gasteiger partial charge is 0.0468 e. The number of rotatable bonds is 3. The summed E-state index contributed by atoms with van der Waals surface area (Å²) in [6, 6.07) is 0. The van der Waals surface area contributed by atoms with Gasteiger partial charge in [-0.25, -0.2) is 5.48 Å². The van der Waals surface area contributed by atoms with Crippen LogP contribution >= 0.6 is 0 Å². The third-order valence-corrected chi connectivity index (χ3v) is 2.01. The van der Waals surface area contributed by atoms with Gasteiger partial charge >= 0.3 is 0 Å². The van der Waals surface area contributed by atoms with Crippen LogP contribution in [0, 0.1) is 5.92 Å². The molecule has 0 aromatic carbocycles. The second-order valence-electron chi connectivity index (χ2n) is 2.75. The van der Waals surface area contributed by atoms with E-state index in [2.05, 4.69) is 5.48 Å². The third-order valence-electron chi connectivity index (χ3n) is 2.01. The topological polar surface area (TPSA) is 41.5 Å². The van der Waals surface area contributed by atoms with Crippen LogP contribution in [-0.4, -0.2) is 25.0 Å². The summed E-state index contributed by atoms with van der Waals surface area (Å²) >= 11 is 0. The lowest BCUT2D eigenvalue weighted by atomic mass is 9.97. The maximum atomic E-state index is 8.32. The van der Waals surface area contributed by atoms with Crippen molar-refractivity contribution in [3.8, 4) is 0 Å². The molecule has 0 aromatic rings. The van der Waals surface area contributed by atoms with Crippen molar-refractivity contribution in [3.05, 3.63) is 0 Å². The molecule has 1 rings (SSSR count). The van der Waals surface area contributed by atoms with Gasteiger partial charge in [0.25, 0.3) is 0 Å². The molecule has 3 nitrogen and oxygen atoms in total. The van der Waals surface area contributed by atoms with Gasteiger partial charge in [0.15, 0.2) is 0 Å². The molecule has 60 valence electrons. The zero-order valence-corrected chi connectivity index (χ0v) is 6.18. The van der Waals surface area contributed by atoms with E-state index < -0.39 is 0 Å². The van der Waals surface area contributed by atoms with Crippen LogP contribution in [0.25, 0.3) is 0 Å². The first-order chi connectivity index (χ1) is 4.93. The van der Waals surface area contributed by atoms with Crippen molar-refractivity contribution in [2.24, 2.45) is 5.92 Å². The van der Waals surface area contributed by atoms with Crippen molar-refractivity contribution in [2.75, 3.05) is 19.8 Å². The molecule has 0 amide bonds. The summed E-state index contributed by atoms with van der Waals surface area (Å²) in [6.07, 6.45) is 3.38. The van der Waals surface area contributed by atoms with Gasteiger partial charge in [0.05, 0.1) is 0 Å². The Morgan fingerprint density at radius 3 is 2.70 bits per heavy atom. The Morgan fingerprint density at radius 2 is 2.10 bits per heavy atom. The maximum Gasteiger partial charge on any atom is 0.0468 e. The Hall–Kier alpha value is -0.120. The largest absolute Gasteiger partial charge is 0.381 e. The van der Waals surface area contributed by atoms with Gasteiger partial charge < -0.3 is 9.94 Å². The monoisotopic (exact) mass is 145 g/mol. The van der Waals surface area contributed by atoms with Gasteiger partial charge in [0, 0.05) is 19.8 Å². The average Bonchev–Trinajstić information content (AvgIpc) is 2.03. The number of hydroxylamine groups is 1. The van der Waals surface area contributed by atoms with Crippen molar-refractivity contribution >= 4 is 0 Å². The highest BCUT2D eigenvalue weighted by Gasteiger charge is 2.12. The highest BCUT2D eigenvalue weighted by molar-refractivity contribution is 4.63. The molecule has 2 N–H and O–H groups in total. The molecule has 0 aromatic heterocycles. The van der Waals surface area contributed by atoms with Crippen LogP contribution < -0.4 is 5.48 Å². The fourth-order valence-corrected chi connectivity index (χ4v) is 1.30. The Kier molecular flexibility index (Phi) is 3.72. The van der Waals surface area contributed by atoms with E-state index in [1.54, 1.807) is 0 Å². The summed E-state index contributed by atoms with van der Waals surface area (Å²) < 4.78 is 5.20. The van der Waals surface area contributed by atoms with Gasteiger partial charge in [0.1, 0.15) is 0 Å². The number of hydrogen-bond acceptors (Lipinski definition) is 3. The van der Waals surface area contributed by atoms with E-state index >= 15 is 0 Å². The third kappa shape index (κ3) is 2.64. The van der Waals surface area contributed by atoms with E-state index in [4.69, 9.17) is 9.94 Å². The summed E-state index contributed by atoms with van der Waals surface area (Å²) in [5.41, 5.74) is 2.17. The molecular formula is C7H15NO2. The van der Waals surface area contributed by atoms with Crippen LogP contribution in [0.1, 0.15) is 19.3 Å². The SMILES string of the molecule is ONCCC1CCOCC1. The molecule has 3 heteroatoms. The van der Waals surface area contributed by atoms with Crippen molar-refractivity contribution < 1.29 is 9.94 Å². The molecule has 0 saturated carbocycles. The van der Waals surface area contributed by atoms with E-state index in [0.717, 1.165) is 38.4 Å². The standard InChI is InChI=1S/C7H15NO2/c9-8-4-1-7-2-5-10-6-3-7/h7-9H,1-6H2. The minimum atomic E-state index is 0.713. The lowest BCUT2D eigenvalue weighted by Gasteiger charge is -2.21. The Bertz CT molecular complexity index is 81.7. The van der Waals surface area contributed by atoms with Gasteiger partial charge in [-0.1, -0.05) is 0 Å². The van der Waals surface area contributed by atoms with E-state index in [1.807, 2.05) is 0 Å². The maximum absolute atomic E-state index is 8.32. The summed E-state index contributed by atoms with van der Waals surface area (Å²) in [6.45, 7) is 2.51. The molecule has 1 saturated heterocycles. The summed E-state index contributed by atoms with van der Waals surface area (Å²) in [5.74, 6) is 0.758. The first-order valence-electron chi connectivity index (χ1n) is 3.88. The fourth-order valence-electron chi connectivity index (χ4n) is 1.30. The van der Waals surface area contributed by atoms with Gasteiger partial charge in [-0.2, -0.15) is 0 Å². The Labute approximate surface area is 61.3 Å². The summed E-state index contributed by atoms with van der Waals surface area (Å²) in [5, 5.41) is 8.32. The fraction of sp³-hybridized carbons (Fsp3) is 1.00. The predicted octanol–water partition coefficient (Wildman–Crippen LogP) is 0.782. The molecule has 0 radical (unpaired) electrons. The van der Waals surface area contributed by atoms with Crippen LogP contribution in [0.2, 0.25) is 0 Å². The van der Waals surface area contributed by atoms with Crippen molar-refractivity contribution in [3.63, 3.8) is 0 Å². The van der Waals surface area contributed by atoms with Gasteiger partial charge in [-0.05, 0) is 25.2 Å². The van der Waals surface area contributed by atoms with Crippen molar-refractivity contribution in [1.82, 2.24) is 5.48 Å². The minimum absolute atomic E-state index is 0.713. The Morgan fingerprint density at radius 1 is 1.40 bits per heavy atom. The summed E-state index contributed by atoms with van der Waals surface area (Å²) in [7, 11) is 0. The highest BCUT2D eigenvalue weighted by atomic mass is 16.5. The van der Waals surface area contributed by atoms with Crippen molar-refractivity contribution in [1.29, 1.82) is 0 Å². The van der Waals surface area contributed by atoms with E-state index in [-0.39, 0.29) is 0 Å². The molecule has 0 unspecified atom stereocenters. The minimum Gasteiger partial charge on any atom is -0.381 e. The van der Waals surface area contributed by atoms with Crippen LogP contribution in [0.4, 0.5) is 0 Å². The van der Waals surface area contributed by atoms with Crippen LogP contribution in [-0.2, 0) is 4.74 Å². The molecule has 0 aliphatic carbocycles. The van der Waals surface area contributed by atoms with E-state index in [0.29, 0.717) is 6.54 Å². The lowest BCUT2D eigenvalue weighted by Crippen LogP contribution is -2.20. The Balaban J connectivity index is 2.02. The van der Waals surface area contributed by atoms with E-state index in [1.165, 1.54) is 0 Å². The quantitative estimate of drug-likeness (QED) is 0.577. The molecule has 1 heterocycles. The molecule has 1 fully saturated rings. The van der Waals surface area contributed by atoms with Gasteiger partial charge in [0.2, 0.25) is 0 Å². The number of nitrogens with one attached hydrogen (secondary N) is 1. The molecule has 10 heavy (non-hydrogen) atoms. The molecule has 1 aliphatic rings. The van der Waals surface area contributed by atoms with Crippen LogP contribution in [0.15, 0.2) is 0 Å². The van der Waals surface area contributed by atoms with Gasteiger partial charge in [-0.3, -0.25) is 0 Å². The molecule has 0 spiro atoms.